The quantitative estimate of drug-likeness (QED) is 0.716. The van der Waals surface area contributed by atoms with Gasteiger partial charge in [-0.05, 0) is 78.4 Å². The van der Waals surface area contributed by atoms with E-state index >= 15 is 0 Å². The van der Waals surface area contributed by atoms with Crippen LogP contribution >= 0.6 is 0 Å². The molecule has 2 nitrogen and oxygen atoms in total. The van der Waals surface area contributed by atoms with Crippen LogP contribution in [0.15, 0.2) is 0 Å². The molecule has 4 saturated carbocycles. The molecule has 0 bridgehead atoms. The molecule has 130 valence electrons. The van der Waals surface area contributed by atoms with Crippen LogP contribution in [0.2, 0.25) is 0 Å². The average Bonchev–Trinajstić information content (AvgIpc) is 2.76. The van der Waals surface area contributed by atoms with E-state index in [4.69, 9.17) is 0 Å². The molecule has 1 N–H and O–H groups in total. The van der Waals surface area contributed by atoms with Crippen LogP contribution in [0.25, 0.3) is 0 Å². The van der Waals surface area contributed by atoms with E-state index in [0.717, 1.165) is 37.5 Å². The van der Waals surface area contributed by atoms with E-state index in [9.17, 15) is 9.90 Å². The van der Waals surface area contributed by atoms with Crippen LogP contribution in [0.1, 0.15) is 72.6 Å². The highest BCUT2D eigenvalue weighted by Gasteiger charge is 2.63. The molecule has 0 heterocycles. The molecule has 4 rings (SSSR count). The smallest absolute Gasteiger partial charge is 0.133 e. The molecule has 4 fully saturated rings. The normalized spacial score (nSPS) is 59.2. The summed E-state index contributed by atoms with van der Waals surface area (Å²) in [7, 11) is 0. The van der Waals surface area contributed by atoms with Crippen molar-refractivity contribution in [3.63, 3.8) is 0 Å². The largest absolute Gasteiger partial charge is 0.393 e. The zero-order chi connectivity index (χ0) is 16.6. The predicted molar refractivity (Wildman–Crippen MR) is 91.8 cm³/mol. The zero-order valence-corrected chi connectivity index (χ0v) is 15.3. The van der Waals surface area contributed by atoms with E-state index in [1.54, 1.807) is 0 Å². The number of carbonyl (C=O) groups excluding carboxylic acids is 1. The molecule has 2 heteroatoms. The van der Waals surface area contributed by atoms with E-state index in [0.29, 0.717) is 34.9 Å². The van der Waals surface area contributed by atoms with E-state index in [1.807, 2.05) is 0 Å². The SMILES string of the molecule is CC1CC2CC(=O)CCC2(C)C2C(C)CC3(C)C(O)CCC3C12. The van der Waals surface area contributed by atoms with Gasteiger partial charge >= 0.3 is 0 Å². The van der Waals surface area contributed by atoms with Crippen molar-refractivity contribution in [2.24, 2.45) is 46.3 Å². The number of Topliss-reactive ketones (excluding diaryl/α,β-unsaturated/α-hetero) is 1. The van der Waals surface area contributed by atoms with Crippen LogP contribution in [0.5, 0.6) is 0 Å². The molecule has 0 aliphatic heterocycles. The van der Waals surface area contributed by atoms with E-state index < -0.39 is 0 Å². The Bertz CT molecular complexity index is 514. The minimum absolute atomic E-state index is 0.0958. The molecular formula is C21H34O2. The standard InChI is InChI=1S/C21H34O2/c1-12-9-14-10-15(22)7-8-20(14,3)19-13(2)11-21(4)16(18(12)19)5-6-17(21)23/h12-14,16-19,23H,5-11H2,1-4H3. The molecule has 0 aromatic carbocycles. The third kappa shape index (κ3) is 2.06. The maximum atomic E-state index is 12.1. The van der Waals surface area contributed by atoms with Crippen LogP contribution in [-0.2, 0) is 4.79 Å². The third-order valence-corrected chi connectivity index (χ3v) is 9.04. The van der Waals surface area contributed by atoms with Gasteiger partial charge in [0, 0.05) is 12.8 Å². The first kappa shape index (κ1) is 16.1. The molecule has 4 aliphatic rings. The number of hydrogen-bond donors (Lipinski definition) is 1. The first-order valence-electron chi connectivity index (χ1n) is 9.97. The summed E-state index contributed by atoms with van der Waals surface area (Å²) in [6.45, 7) is 9.77. The number of rotatable bonds is 0. The van der Waals surface area contributed by atoms with Gasteiger partial charge in [0.2, 0.25) is 0 Å². The number of aliphatic hydroxyl groups excluding tert-OH is 1. The maximum Gasteiger partial charge on any atom is 0.133 e. The summed E-state index contributed by atoms with van der Waals surface area (Å²) in [5.41, 5.74) is 0.502. The lowest BCUT2D eigenvalue weighted by molar-refractivity contribution is -0.170. The van der Waals surface area contributed by atoms with Crippen molar-refractivity contribution in [3.8, 4) is 0 Å². The van der Waals surface area contributed by atoms with E-state index in [1.165, 1.54) is 19.3 Å². The first-order valence-corrected chi connectivity index (χ1v) is 9.97. The third-order valence-electron chi connectivity index (χ3n) is 9.04. The predicted octanol–water partition coefficient (Wildman–Crippen LogP) is 4.45. The fourth-order valence-electron chi connectivity index (χ4n) is 8.07. The number of ketones is 1. The second-order valence-corrected chi connectivity index (χ2v) is 10.1. The minimum Gasteiger partial charge on any atom is -0.393 e. The Kier molecular flexibility index (Phi) is 3.55. The Morgan fingerprint density at radius 2 is 1.83 bits per heavy atom. The number of hydrogen-bond acceptors (Lipinski definition) is 2. The molecule has 0 aromatic rings. The van der Waals surface area contributed by atoms with Crippen LogP contribution in [0, 0.1) is 46.3 Å². The Balaban J connectivity index is 1.74. The highest BCUT2D eigenvalue weighted by molar-refractivity contribution is 5.79. The molecule has 9 unspecified atom stereocenters. The molecule has 4 aliphatic carbocycles. The van der Waals surface area contributed by atoms with Crippen molar-refractivity contribution in [1.29, 1.82) is 0 Å². The lowest BCUT2D eigenvalue weighted by atomic mass is 9.41. The molecule has 9 atom stereocenters. The molecule has 0 saturated heterocycles. The van der Waals surface area contributed by atoms with Gasteiger partial charge in [0.1, 0.15) is 5.78 Å². The lowest BCUT2D eigenvalue weighted by Crippen LogP contribution is -2.59. The van der Waals surface area contributed by atoms with E-state index in [-0.39, 0.29) is 11.5 Å². The van der Waals surface area contributed by atoms with Crippen molar-refractivity contribution in [1.82, 2.24) is 0 Å². The summed E-state index contributed by atoms with van der Waals surface area (Å²) in [4.78, 5) is 12.1. The van der Waals surface area contributed by atoms with Gasteiger partial charge in [0.15, 0.2) is 0 Å². The Hall–Kier alpha value is -0.370. The highest BCUT2D eigenvalue weighted by atomic mass is 16.3. The van der Waals surface area contributed by atoms with Crippen molar-refractivity contribution in [2.45, 2.75) is 78.7 Å². The first-order chi connectivity index (χ1) is 10.8. The molecule has 0 aromatic heterocycles. The van der Waals surface area contributed by atoms with Crippen molar-refractivity contribution >= 4 is 5.78 Å². The second kappa shape index (κ2) is 5.07. The molecule has 0 amide bonds. The van der Waals surface area contributed by atoms with Crippen LogP contribution in [-0.4, -0.2) is 17.0 Å². The average molecular weight is 319 g/mol. The number of carbonyl (C=O) groups is 1. The summed E-state index contributed by atoms with van der Waals surface area (Å²) in [5, 5.41) is 10.7. The molecule has 23 heavy (non-hydrogen) atoms. The van der Waals surface area contributed by atoms with Crippen LogP contribution < -0.4 is 0 Å². The summed E-state index contributed by atoms with van der Waals surface area (Å²) in [6, 6.07) is 0. The Labute approximate surface area is 141 Å². The lowest BCUT2D eigenvalue weighted by Gasteiger charge is -2.64. The minimum atomic E-state index is -0.0958. The fraction of sp³-hybridized carbons (Fsp3) is 0.952. The Morgan fingerprint density at radius 3 is 2.57 bits per heavy atom. The molecule has 0 spiro atoms. The van der Waals surface area contributed by atoms with Crippen molar-refractivity contribution in [3.05, 3.63) is 0 Å². The van der Waals surface area contributed by atoms with Gasteiger partial charge < -0.3 is 5.11 Å². The van der Waals surface area contributed by atoms with Crippen molar-refractivity contribution < 1.29 is 9.90 Å². The topological polar surface area (TPSA) is 37.3 Å². The summed E-state index contributed by atoms with van der Waals surface area (Å²) in [5.74, 6) is 4.71. The van der Waals surface area contributed by atoms with Gasteiger partial charge in [-0.15, -0.1) is 0 Å². The molecule has 0 radical (unpaired) electrons. The van der Waals surface area contributed by atoms with Gasteiger partial charge in [0.05, 0.1) is 6.10 Å². The second-order valence-electron chi connectivity index (χ2n) is 10.1. The van der Waals surface area contributed by atoms with Gasteiger partial charge in [-0.3, -0.25) is 4.79 Å². The van der Waals surface area contributed by atoms with Crippen LogP contribution in [0.3, 0.4) is 0 Å². The fourth-order valence-corrected chi connectivity index (χ4v) is 8.07. The van der Waals surface area contributed by atoms with Crippen LogP contribution in [0.4, 0.5) is 0 Å². The Morgan fingerprint density at radius 1 is 1.09 bits per heavy atom. The summed E-state index contributed by atoms with van der Waals surface area (Å²) >= 11 is 0. The number of aliphatic hydroxyl groups is 1. The van der Waals surface area contributed by atoms with Gasteiger partial charge in [-0.1, -0.05) is 27.7 Å². The maximum absolute atomic E-state index is 12.1. The molecular weight excluding hydrogens is 284 g/mol. The van der Waals surface area contributed by atoms with Crippen molar-refractivity contribution in [2.75, 3.05) is 0 Å². The van der Waals surface area contributed by atoms with Gasteiger partial charge in [-0.2, -0.15) is 0 Å². The summed E-state index contributed by atoms with van der Waals surface area (Å²) in [6.07, 6.45) is 7.30. The van der Waals surface area contributed by atoms with Gasteiger partial charge in [0.25, 0.3) is 0 Å². The highest BCUT2D eigenvalue weighted by Crippen LogP contribution is 2.68. The van der Waals surface area contributed by atoms with Gasteiger partial charge in [-0.25, -0.2) is 0 Å². The zero-order valence-electron chi connectivity index (χ0n) is 15.3. The summed E-state index contributed by atoms with van der Waals surface area (Å²) < 4.78 is 0. The monoisotopic (exact) mass is 318 g/mol. The van der Waals surface area contributed by atoms with E-state index in [2.05, 4.69) is 27.7 Å². The number of fused-ring (bicyclic) bond motifs is 5.